The molecule has 84 valence electrons. The van der Waals surface area contributed by atoms with Gasteiger partial charge in [0.25, 0.3) is 0 Å². The smallest absolute Gasteiger partial charge is 0.326 e. The van der Waals surface area contributed by atoms with Crippen LogP contribution in [0.15, 0.2) is 12.4 Å². The van der Waals surface area contributed by atoms with Crippen LogP contribution >= 0.6 is 0 Å². The summed E-state index contributed by atoms with van der Waals surface area (Å²) in [4.78, 5) is 31.7. The second kappa shape index (κ2) is 4.23. The number of carbonyl (C=O) groups is 2. The van der Waals surface area contributed by atoms with Gasteiger partial charge in [-0.1, -0.05) is 0 Å². The summed E-state index contributed by atoms with van der Waals surface area (Å²) in [5, 5.41) is 2.20. The van der Waals surface area contributed by atoms with Gasteiger partial charge in [-0.15, -0.1) is 0 Å². The molecule has 7 heteroatoms. The Hall–Kier alpha value is -2.02. The summed E-state index contributed by atoms with van der Waals surface area (Å²) >= 11 is 0. The third-order valence-corrected chi connectivity index (χ3v) is 2.22. The predicted octanol–water partition coefficient (Wildman–Crippen LogP) is -0.618. The summed E-state index contributed by atoms with van der Waals surface area (Å²) in [5.74, 6) is 0.00188. The number of hydrogen-bond donors (Lipinski definition) is 2. The van der Waals surface area contributed by atoms with Crippen LogP contribution in [0.2, 0.25) is 0 Å². The molecule has 0 bridgehead atoms. The average Bonchev–Trinajstić information content (AvgIpc) is 2.29. The maximum absolute atomic E-state index is 11.4. The summed E-state index contributed by atoms with van der Waals surface area (Å²) in [7, 11) is 0. The lowest BCUT2D eigenvalue weighted by Gasteiger charge is -2.24. The number of nitrogens with one attached hydrogen (secondary N) is 1. The van der Waals surface area contributed by atoms with E-state index in [2.05, 4.69) is 15.3 Å². The van der Waals surface area contributed by atoms with Crippen molar-refractivity contribution in [3.63, 3.8) is 0 Å². The van der Waals surface area contributed by atoms with E-state index in [4.69, 9.17) is 5.73 Å². The SMILES string of the molecule is NCc1cnc(N2CCC(=O)NC2=O)nc1. The number of hydrogen-bond acceptors (Lipinski definition) is 5. The fourth-order valence-corrected chi connectivity index (χ4v) is 1.35. The maximum Gasteiger partial charge on any atom is 0.330 e. The zero-order valence-corrected chi connectivity index (χ0v) is 8.51. The van der Waals surface area contributed by atoms with Crippen LogP contribution in [-0.4, -0.2) is 28.5 Å². The lowest BCUT2D eigenvalue weighted by Crippen LogP contribution is -2.50. The quantitative estimate of drug-likeness (QED) is 0.693. The van der Waals surface area contributed by atoms with Crippen molar-refractivity contribution in [1.82, 2.24) is 15.3 Å². The maximum atomic E-state index is 11.4. The summed E-state index contributed by atoms with van der Waals surface area (Å²) in [6.45, 7) is 0.650. The second-order valence-electron chi connectivity index (χ2n) is 3.35. The van der Waals surface area contributed by atoms with E-state index in [1.54, 1.807) is 12.4 Å². The third kappa shape index (κ3) is 1.98. The Morgan fingerprint density at radius 2 is 2.06 bits per heavy atom. The topological polar surface area (TPSA) is 101 Å². The summed E-state index contributed by atoms with van der Waals surface area (Å²) in [5.41, 5.74) is 6.20. The highest BCUT2D eigenvalue weighted by Crippen LogP contribution is 2.10. The van der Waals surface area contributed by atoms with E-state index in [0.717, 1.165) is 5.56 Å². The normalized spacial score (nSPS) is 16.2. The number of nitrogens with zero attached hydrogens (tertiary/aromatic N) is 3. The fraction of sp³-hybridized carbons (Fsp3) is 0.333. The highest BCUT2D eigenvalue weighted by Gasteiger charge is 2.25. The molecule has 0 aromatic carbocycles. The van der Waals surface area contributed by atoms with E-state index in [1.165, 1.54) is 4.90 Å². The van der Waals surface area contributed by atoms with Gasteiger partial charge in [0.2, 0.25) is 11.9 Å². The lowest BCUT2D eigenvalue weighted by atomic mass is 10.3. The Kier molecular flexibility index (Phi) is 2.78. The van der Waals surface area contributed by atoms with Crippen molar-refractivity contribution < 1.29 is 9.59 Å². The van der Waals surface area contributed by atoms with E-state index < -0.39 is 6.03 Å². The zero-order valence-electron chi connectivity index (χ0n) is 8.51. The molecule has 16 heavy (non-hydrogen) atoms. The molecule has 1 saturated heterocycles. The molecular formula is C9H11N5O2. The van der Waals surface area contributed by atoms with E-state index in [9.17, 15) is 9.59 Å². The molecule has 2 heterocycles. The summed E-state index contributed by atoms with van der Waals surface area (Å²) in [6.07, 6.45) is 3.38. The van der Waals surface area contributed by atoms with Gasteiger partial charge in [0.1, 0.15) is 0 Å². The number of rotatable bonds is 2. The largest absolute Gasteiger partial charge is 0.330 e. The first-order chi connectivity index (χ1) is 7.70. The van der Waals surface area contributed by atoms with E-state index >= 15 is 0 Å². The van der Waals surface area contributed by atoms with Gasteiger partial charge in [0.05, 0.1) is 0 Å². The van der Waals surface area contributed by atoms with E-state index in [1.807, 2.05) is 0 Å². The van der Waals surface area contributed by atoms with E-state index in [0.29, 0.717) is 13.1 Å². The van der Waals surface area contributed by atoms with Gasteiger partial charge in [-0.05, 0) is 0 Å². The predicted molar refractivity (Wildman–Crippen MR) is 55.4 cm³/mol. The minimum absolute atomic E-state index is 0.258. The summed E-state index contributed by atoms with van der Waals surface area (Å²) < 4.78 is 0. The van der Waals surface area contributed by atoms with Gasteiger partial charge >= 0.3 is 6.03 Å². The van der Waals surface area contributed by atoms with Gasteiger partial charge in [0, 0.05) is 37.5 Å². The van der Waals surface area contributed by atoms with Crippen molar-refractivity contribution in [2.24, 2.45) is 5.73 Å². The van der Waals surface area contributed by atoms with Crippen molar-refractivity contribution in [3.8, 4) is 0 Å². The van der Waals surface area contributed by atoms with Crippen LogP contribution in [-0.2, 0) is 11.3 Å². The number of anilines is 1. The van der Waals surface area contributed by atoms with Crippen LogP contribution in [0, 0.1) is 0 Å². The summed E-state index contributed by atoms with van der Waals surface area (Å²) in [6, 6.07) is -0.489. The van der Waals surface area contributed by atoms with Gasteiger partial charge < -0.3 is 5.73 Å². The molecule has 1 aromatic heterocycles. The Balaban J connectivity index is 2.17. The first-order valence-corrected chi connectivity index (χ1v) is 4.83. The monoisotopic (exact) mass is 221 g/mol. The molecule has 3 amide bonds. The van der Waals surface area contributed by atoms with Crippen LogP contribution in [0.1, 0.15) is 12.0 Å². The highest BCUT2D eigenvalue weighted by molar-refractivity contribution is 6.04. The van der Waals surface area contributed by atoms with Crippen molar-refractivity contribution in [1.29, 1.82) is 0 Å². The molecule has 7 nitrogen and oxygen atoms in total. The molecule has 1 aliphatic heterocycles. The molecule has 0 atom stereocenters. The molecule has 1 aliphatic rings. The number of carbonyl (C=O) groups excluding carboxylic acids is 2. The third-order valence-electron chi connectivity index (χ3n) is 2.22. The van der Waals surface area contributed by atoms with Crippen LogP contribution in [0.5, 0.6) is 0 Å². The molecule has 2 rings (SSSR count). The van der Waals surface area contributed by atoms with Gasteiger partial charge in [-0.2, -0.15) is 0 Å². The van der Waals surface area contributed by atoms with Crippen molar-refractivity contribution in [2.45, 2.75) is 13.0 Å². The molecule has 3 N–H and O–H groups in total. The average molecular weight is 221 g/mol. The zero-order chi connectivity index (χ0) is 11.5. The Morgan fingerprint density at radius 1 is 1.38 bits per heavy atom. The van der Waals surface area contributed by atoms with Gasteiger partial charge in [-0.3, -0.25) is 15.0 Å². The second-order valence-corrected chi connectivity index (χ2v) is 3.35. The molecule has 1 fully saturated rings. The molecule has 0 saturated carbocycles. The Morgan fingerprint density at radius 3 is 2.62 bits per heavy atom. The highest BCUT2D eigenvalue weighted by atomic mass is 16.2. The van der Waals surface area contributed by atoms with Crippen molar-refractivity contribution in [3.05, 3.63) is 18.0 Å². The van der Waals surface area contributed by atoms with Gasteiger partial charge in [0.15, 0.2) is 0 Å². The first kappa shape index (κ1) is 10.5. The number of amides is 3. The van der Waals surface area contributed by atoms with Crippen LogP contribution < -0.4 is 16.0 Å². The first-order valence-electron chi connectivity index (χ1n) is 4.83. The molecular weight excluding hydrogens is 210 g/mol. The fourth-order valence-electron chi connectivity index (χ4n) is 1.35. The molecule has 0 radical (unpaired) electrons. The number of nitrogens with two attached hydrogens (primary N) is 1. The molecule has 0 spiro atoms. The minimum atomic E-state index is -0.489. The Bertz CT molecular complexity index is 416. The molecule has 0 unspecified atom stereocenters. The lowest BCUT2D eigenvalue weighted by molar-refractivity contribution is -0.120. The number of aromatic nitrogens is 2. The van der Waals surface area contributed by atoms with Crippen LogP contribution in [0.25, 0.3) is 0 Å². The Labute approximate surface area is 91.7 Å². The van der Waals surface area contributed by atoms with Gasteiger partial charge in [-0.25, -0.2) is 14.8 Å². The standard InChI is InChI=1S/C9H11N5O2/c10-3-6-4-11-8(12-5-6)14-2-1-7(15)13-9(14)16/h4-5H,1-3,10H2,(H,13,15,16). The van der Waals surface area contributed by atoms with Crippen LogP contribution in [0.3, 0.4) is 0 Å². The minimum Gasteiger partial charge on any atom is -0.326 e. The van der Waals surface area contributed by atoms with Crippen molar-refractivity contribution >= 4 is 17.9 Å². The van der Waals surface area contributed by atoms with Crippen molar-refractivity contribution in [2.75, 3.05) is 11.4 Å². The van der Waals surface area contributed by atoms with E-state index in [-0.39, 0.29) is 18.3 Å². The number of urea groups is 1. The van der Waals surface area contributed by atoms with Crippen LogP contribution in [0.4, 0.5) is 10.7 Å². The molecule has 1 aromatic rings. The number of imide groups is 1. The molecule has 0 aliphatic carbocycles.